The lowest BCUT2D eigenvalue weighted by Gasteiger charge is -2.25. The molecule has 1 aliphatic rings. The van der Waals surface area contributed by atoms with Crippen LogP contribution in [0.4, 0.5) is 0 Å². The van der Waals surface area contributed by atoms with Gasteiger partial charge in [-0.05, 0) is 146 Å². The molecule has 0 aromatic heterocycles. The van der Waals surface area contributed by atoms with Gasteiger partial charge in [0.2, 0.25) is 0 Å². The first-order valence-corrected chi connectivity index (χ1v) is 26.1. The molecule has 17 nitrogen and oxygen atoms in total. The Balaban J connectivity index is 0.994. The summed E-state index contributed by atoms with van der Waals surface area (Å²) in [5, 5.41) is 45.8. The van der Waals surface area contributed by atoms with Crippen molar-refractivity contribution in [1.29, 1.82) is 0 Å². The predicted octanol–water partition coefficient (Wildman–Crippen LogP) is 10.8. The van der Waals surface area contributed by atoms with Gasteiger partial charge in [-0.25, -0.2) is 0 Å². The molecule has 0 bridgehead atoms. The highest BCUT2D eigenvalue weighted by molar-refractivity contribution is 5.50. The van der Waals surface area contributed by atoms with Gasteiger partial charge < -0.3 is 82.0 Å². The Bertz CT molecular complexity index is 2770. The largest absolute Gasteiger partial charge is 0.493 e. The van der Waals surface area contributed by atoms with Crippen molar-refractivity contribution in [2.45, 2.75) is 103 Å². The molecular weight excluding hydrogens is 1020 g/mol. The lowest BCUT2D eigenvalue weighted by Crippen LogP contribution is -2.23. The van der Waals surface area contributed by atoms with Crippen molar-refractivity contribution in [1.82, 2.24) is 0 Å². The number of methoxy groups -OCH3 is 8. The number of aliphatic hydroxyl groups is 4. The fraction of sp³-hybridized carbons (Fsp3) is 0.419. The first kappa shape index (κ1) is 59.4. The molecule has 0 amide bonds. The van der Waals surface area contributed by atoms with Gasteiger partial charge in [-0.2, -0.15) is 0 Å². The average Bonchev–Trinajstić information content (AvgIpc) is 3.78. The monoisotopic (exact) mass is 1090 g/mol. The average molecular weight is 1090 g/mol. The summed E-state index contributed by atoms with van der Waals surface area (Å²) in [6.45, 7) is 11.3. The van der Waals surface area contributed by atoms with Crippen LogP contribution >= 0.6 is 0 Å². The van der Waals surface area contributed by atoms with E-state index in [0.717, 1.165) is 11.1 Å². The maximum absolute atomic E-state index is 11.6. The van der Waals surface area contributed by atoms with Crippen molar-refractivity contribution < 1.29 is 82.0 Å². The van der Waals surface area contributed by atoms with E-state index in [1.165, 1.54) is 28.4 Å². The van der Waals surface area contributed by atoms with Crippen LogP contribution in [0, 0.1) is 11.8 Å². The fourth-order valence-corrected chi connectivity index (χ4v) is 9.79. The Morgan fingerprint density at radius 1 is 0.304 bits per heavy atom. The third-order valence-electron chi connectivity index (χ3n) is 14.7. The first-order chi connectivity index (χ1) is 37.9. The lowest BCUT2D eigenvalue weighted by atomic mass is 9.85. The van der Waals surface area contributed by atoms with Crippen molar-refractivity contribution in [3.05, 3.63) is 143 Å². The molecule has 426 valence electrons. The normalized spacial score (nSPS) is 19.1. The van der Waals surface area contributed by atoms with E-state index in [1.54, 1.807) is 129 Å². The molecule has 1 aliphatic heterocycles. The molecule has 4 N–H and O–H groups in total. The number of aliphatic hydroxyl groups excluding tert-OH is 4. The fourth-order valence-electron chi connectivity index (χ4n) is 9.79. The third kappa shape index (κ3) is 13.3. The van der Waals surface area contributed by atoms with Crippen LogP contribution in [0.25, 0.3) is 0 Å². The molecule has 0 aliphatic carbocycles. The van der Waals surface area contributed by atoms with Crippen LogP contribution in [-0.4, -0.2) is 102 Å². The Hall–Kier alpha value is -7.28. The Morgan fingerprint density at radius 2 is 0.532 bits per heavy atom. The summed E-state index contributed by atoms with van der Waals surface area (Å²) in [5.74, 6) is 5.51. The van der Waals surface area contributed by atoms with Crippen LogP contribution in [0.3, 0.4) is 0 Å². The Morgan fingerprint density at radius 3 is 0.810 bits per heavy atom. The summed E-state index contributed by atoms with van der Waals surface area (Å²) < 4.78 is 76.5. The SMILES string of the molecule is COc1ccc(C(O)C(C)Oc2cc(C(O)C(C)Oc3ccc([C@H]4OC(c5ccc(O[C@H](C)[C@H](O)c6ccc(OC)c(O[C@H](C)[C@H](O)c7ccc(OC)c(OC)c7)c6)c(OC)c5)C(C)[C@H]4C)cc3OC)ccc2OC)cc1OC. The second-order valence-corrected chi connectivity index (χ2v) is 19.6. The molecule has 6 aromatic carbocycles. The van der Waals surface area contributed by atoms with Crippen LogP contribution in [0.5, 0.6) is 69.0 Å². The molecule has 6 unspecified atom stereocenters. The molecule has 12 atom stereocenters. The van der Waals surface area contributed by atoms with Crippen LogP contribution in [0.1, 0.15) is 112 Å². The van der Waals surface area contributed by atoms with Gasteiger partial charge >= 0.3 is 0 Å². The zero-order valence-electron chi connectivity index (χ0n) is 47.4. The van der Waals surface area contributed by atoms with Crippen LogP contribution in [0.15, 0.2) is 109 Å². The molecule has 0 saturated carbocycles. The van der Waals surface area contributed by atoms with Gasteiger partial charge in [0.25, 0.3) is 0 Å². The van der Waals surface area contributed by atoms with E-state index in [1.807, 2.05) is 36.4 Å². The van der Waals surface area contributed by atoms with Gasteiger partial charge in [0.05, 0.1) is 69.1 Å². The highest BCUT2D eigenvalue weighted by Gasteiger charge is 2.41. The van der Waals surface area contributed by atoms with Crippen LogP contribution in [-0.2, 0) is 4.74 Å². The number of rotatable bonds is 26. The maximum Gasteiger partial charge on any atom is 0.162 e. The molecule has 79 heavy (non-hydrogen) atoms. The van der Waals surface area contributed by atoms with E-state index in [0.29, 0.717) is 91.2 Å². The zero-order valence-corrected chi connectivity index (χ0v) is 47.4. The predicted molar refractivity (Wildman–Crippen MR) is 296 cm³/mol. The molecule has 7 rings (SSSR count). The molecule has 6 aromatic rings. The molecule has 1 heterocycles. The van der Waals surface area contributed by atoms with Crippen LogP contribution < -0.4 is 56.8 Å². The van der Waals surface area contributed by atoms with Gasteiger partial charge in [0, 0.05) is 0 Å². The molecule has 1 fully saturated rings. The van der Waals surface area contributed by atoms with Gasteiger partial charge in [0.1, 0.15) is 48.8 Å². The van der Waals surface area contributed by atoms with Gasteiger partial charge in [-0.3, -0.25) is 0 Å². The molecule has 0 radical (unpaired) electrons. The summed E-state index contributed by atoms with van der Waals surface area (Å²) in [6, 6.07) is 31.9. The maximum atomic E-state index is 11.6. The summed E-state index contributed by atoms with van der Waals surface area (Å²) >= 11 is 0. The van der Waals surface area contributed by atoms with E-state index >= 15 is 0 Å². The van der Waals surface area contributed by atoms with Crippen molar-refractivity contribution in [3.63, 3.8) is 0 Å². The van der Waals surface area contributed by atoms with E-state index in [-0.39, 0.29) is 24.0 Å². The van der Waals surface area contributed by atoms with Gasteiger partial charge in [-0.15, -0.1) is 0 Å². The number of benzene rings is 6. The highest BCUT2D eigenvalue weighted by Crippen LogP contribution is 2.51. The second-order valence-electron chi connectivity index (χ2n) is 19.6. The van der Waals surface area contributed by atoms with Gasteiger partial charge in [-0.1, -0.05) is 50.2 Å². The molecule has 17 heteroatoms. The molecule has 0 spiro atoms. The van der Waals surface area contributed by atoms with Crippen molar-refractivity contribution in [2.75, 3.05) is 56.9 Å². The van der Waals surface area contributed by atoms with Crippen molar-refractivity contribution >= 4 is 0 Å². The minimum absolute atomic E-state index is 0.0873. The Kier molecular flexibility index (Phi) is 20.0. The highest BCUT2D eigenvalue weighted by atomic mass is 16.6. The molecular formula is C62H76O17. The third-order valence-corrected chi connectivity index (χ3v) is 14.7. The minimum atomic E-state index is -1.10. The minimum Gasteiger partial charge on any atom is -0.493 e. The summed E-state index contributed by atoms with van der Waals surface area (Å²) in [7, 11) is 12.3. The second kappa shape index (κ2) is 26.6. The summed E-state index contributed by atoms with van der Waals surface area (Å²) in [4.78, 5) is 0. The van der Waals surface area contributed by atoms with Crippen LogP contribution in [0.2, 0.25) is 0 Å². The summed E-state index contributed by atoms with van der Waals surface area (Å²) in [5.41, 5.74) is 3.95. The lowest BCUT2D eigenvalue weighted by molar-refractivity contribution is 0.0281. The number of hydrogen-bond acceptors (Lipinski definition) is 17. The first-order valence-electron chi connectivity index (χ1n) is 26.1. The number of ether oxygens (including phenoxy) is 13. The van der Waals surface area contributed by atoms with E-state index in [9.17, 15) is 20.4 Å². The van der Waals surface area contributed by atoms with E-state index in [2.05, 4.69) is 13.8 Å². The summed E-state index contributed by atoms with van der Waals surface area (Å²) in [6.07, 6.45) is -7.77. The standard InChI is InChI=1S/C62H76O17/c1-33-34(2)62(44-20-26-50(54(32-44)74-14)76-36(4)58(64)42-18-24-48(70-10)56(30-42)78-38(6)60(66)40-16-22-46(68-8)52(28-40)72-12)79-61(33)43-19-25-49(53(31-43)73-13)75-35(3)57(63)41-17-23-47(69-9)55(29-41)77-37(5)59(65)39-15-21-45(67-7)51(27-39)71-11/h15-38,57-66H,1-14H3/t33-,34?,35?,36-,37?,38-,57?,58+,59?,60+,61+,62?/m1/s1. The van der Waals surface area contributed by atoms with Gasteiger partial charge in [0.15, 0.2) is 69.0 Å². The van der Waals surface area contributed by atoms with E-state index < -0.39 is 48.8 Å². The quantitative estimate of drug-likeness (QED) is 0.0399. The molecule has 1 saturated heterocycles. The van der Waals surface area contributed by atoms with Crippen molar-refractivity contribution in [3.8, 4) is 69.0 Å². The number of hydrogen-bond donors (Lipinski definition) is 4. The smallest absolute Gasteiger partial charge is 0.162 e. The van der Waals surface area contributed by atoms with Crippen molar-refractivity contribution in [2.24, 2.45) is 11.8 Å². The topological polar surface area (TPSA) is 201 Å². The Labute approximate surface area is 463 Å². The zero-order chi connectivity index (χ0) is 57.2. The van der Waals surface area contributed by atoms with E-state index in [4.69, 9.17) is 61.6 Å².